The van der Waals surface area contributed by atoms with E-state index in [2.05, 4.69) is 48.5 Å². The van der Waals surface area contributed by atoms with Gasteiger partial charge in [0.1, 0.15) is 0 Å². The van der Waals surface area contributed by atoms with Gasteiger partial charge in [-0.05, 0) is 48.0 Å². The highest BCUT2D eigenvalue weighted by Crippen LogP contribution is 2.29. The van der Waals surface area contributed by atoms with Crippen LogP contribution in [-0.4, -0.2) is 54.4 Å². The van der Waals surface area contributed by atoms with Crippen LogP contribution in [0.15, 0.2) is 0 Å². The first kappa shape index (κ1) is 26.9. The molecule has 2 nitrogen and oxygen atoms in total. The lowest BCUT2D eigenvalue weighted by Crippen LogP contribution is -2.70. The Balaban J connectivity index is 4.59. The second-order valence-corrected chi connectivity index (χ2v) is 8.79. The Kier molecular flexibility index (Phi) is 15.8. The highest BCUT2D eigenvalue weighted by Gasteiger charge is 2.45. The standard InChI is InChI=1S/C25H56N2/c1-8-15-16-17-18-19-20-21-22-23-24-25(26(9-2,10-3)11-4)27(12-5,13-6)14-7/h25H,8-24H2,1-7H3/q+2. The van der Waals surface area contributed by atoms with Crippen molar-refractivity contribution >= 4 is 0 Å². The lowest BCUT2D eigenvalue weighted by Gasteiger charge is -2.52. The number of hydrogen-bond donors (Lipinski definition) is 0. The molecule has 0 amide bonds. The molecule has 0 unspecified atom stereocenters. The van der Waals surface area contributed by atoms with Gasteiger partial charge in [-0.15, -0.1) is 0 Å². The van der Waals surface area contributed by atoms with Crippen molar-refractivity contribution in [3.8, 4) is 0 Å². The Morgan fingerprint density at radius 2 is 0.704 bits per heavy atom. The zero-order chi connectivity index (χ0) is 20.6. The van der Waals surface area contributed by atoms with Gasteiger partial charge in [0, 0.05) is 0 Å². The largest absolute Gasteiger partial charge is 0.275 e. The van der Waals surface area contributed by atoms with E-state index in [0.29, 0.717) is 0 Å². The molecule has 0 radical (unpaired) electrons. The lowest BCUT2D eigenvalue weighted by molar-refractivity contribution is -1.13. The number of quaternary nitrogens is 2. The molecule has 0 N–H and O–H groups in total. The van der Waals surface area contributed by atoms with Crippen molar-refractivity contribution in [2.45, 2.75) is 125 Å². The van der Waals surface area contributed by atoms with Crippen LogP contribution in [0.4, 0.5) is 0 Å². The van der Waals surface area contributed by atoms with E-state index in [0.717, 1.165) is 6.17 Å². The van der Waals surface area contributed by atoms with Crippen molar-refractivity contribution < 1.29 is 8.97 Å². The van der Waals surface area contributed by atoms with Crippen LogP contribution < -0.4 is 0 Å². The Morgan fingerprint density at radius 3 is 1.00 bits per heavy atom. The van der Waals surface area contributed by atoms with Gasteiger partial charge < -0.3 is 0 Å². The molecule has 164 valence electrons. The molecule has 0 aromatic rings. The molecule has 0 aliphatic rings. The maximum absolute atomic E-state index is 2.42. The van der Waals surface area contributed by atoms with E-state index in [1.54, 1.807) is 0 Å². The minimum absolute atomic E-state index is 0.791. The first-order valence-electron chi connectivity index (χ1n) is 12.8. The Morgan fingerprint density at radius 1 is 0.407 bits per heavy atom. The summed E-state index contributed by atoms with van der Waals surface area (Å²) >= 11 is 0. The van der Waals surface area contributed by atoms with Crippen LogP contribution >= 0.6 is 0 Å². The summed E-state index contributed by atoms with van der Waals surface area (Å²) in [4.78, 5) is 0. The third kappa shape index (κ3) is 8.44. The minimum atomic E-state index is 0.791. The van der Waals surface area contributed by atoms with E-state index in [1.807, 2.05) is 0 Å². The highest BCUT2D eigenvalue weighted by molar-refractivity contribution is 4.56. The van der Waals surface area contributed by atoms with Crippen LogP contribution in [0.3, 0.4) is 0 Å². The summed E-state index contributed by atoms with van der Waals surface area (Å²) in [5.74, 6) is 0. The number of hydrogen-bond acceptors (Lipinski definition) is 0. The topological polar surface area (TPSA) is 0 Å². The maximum Gasteiger partial charge on any atom is 0.216 e. The molecular weight excluding hydrogens is 328 g/mol. The van der Waals surface area contributed by atoms with Crippen LogP contribution in [0, 0.1) is 0 Å². The van der Waals surface area contributed by atoms with Gasteiger partial charge in [0.05, 0.1) is 45.7 Å². The molecule has 0 aromatic heterocycles. The Hall–Kier alpha value is -0.0800. The van der Waals surface area contributed by atoms with Gasteiger partial charge in [-0.3, -0.25) is 8.97 Å². The average Bonchev–Trinajstić information content (AvgIpc) is 2.72. The molecule has 2 heteroatoms. The van der Waals surface area contributed by atoms with E-state index < -0.39 is 0 Å². The predicted molar refractivity (Wildman–Crippen MR) is 124 cm³/mol. The van der Waals surface area contributed by atoms with Crippen molar-refractivity contribution in [1.29, 1.82) is 0 Å². The lowest BCUT2D eigenvalue weighted by atomic mass is 10.0. The van der Waals surface area contributed by atoms with Crippen LogP contribution in [0.1, 0.15) is 119 Å². The van der Waals surface area contributed by atoms with Crippen LogP contribution in [0.5, 0.6) is 0 Å². The summed E-state index contributed by atoms with van der Waals surface area (Å²) in [5.41, 5.74) is 0. The SMILES string of the molecule is CCCCCCCCCCCCC([N+](CC)(CC)CC)[N+](CC)(CC)CC. The first-order valence-corrected chi connectivity index (χ1v) is 12.8. The predicted octanol–water partition coefficient (Wildman–Crippen LogP) is 7.38. The normalized spacial score (nSPS) is 12.9. The summed E-state index contributed by atoms with van der Waals surface area (Å²) < 4.78 is 2.62. The monoisotopic (exact) mass is 384 g/mol. The quantitative estimate of drug-likeness (QED) is 0.124. The minimum Gasteiger partial charge on any atom is -0.275 e. The van der Waals surface area contributed by atoms with E-state index in [4.69, 9.17) is 0 Å². The molecule has 0 saturated carbocycles. The van der Waals surface area contributed by atoms with Crippen LogP contribution in [0.25, 0.3) is 0 Å². The molecule has 0 saturated heterocycles. The summed E-state index contributed by atoms with van der Waals surface area (Å²) in [7, 11) is 0. The van der Waals surface area contributed by atoms with Crippen LogP contribution in [-0.2, 0) is 0 Å². The van der Waals surface area contributed by atoms with Gasteiger partial charge in [-0.2, -0.15) is 0 Å². The zero-order valence-corrected chi connectivity index (χ0v) is 20.5. The molecule has 27 heavy (non-hydrogen) atoms. The summed E-state index contributed by atoms with van der Waals surface area (Å²) in [5, 5.41) is 0. The Labute approximate surface area is 173 Å². The molecule has 0 heterocycles. The number of unbranched alkanes of at least 4 members (excludes halogenated alkanes) is 9. The summed E-state index contributed by atoms with van der Waals surface area (Å²) in [6, 6.07) is 0. The molecular formula is C25H56N2+2. The number of nitrogens with zero attached hydrogens (tertiary/aromatic N) is 2. The molecule has 0 bridgehead atoms. The fourth-order valence-electron chi connectivity index (χ4n) is 5.49. The maximum atomic E-state index is 2.42. The molecule has 0 rings (SSSR count). The van der Waals surface area contributed by atoms with E-state index in [-0.39, 0.29) is 0 Å². The zero-order valence-electron chi connectivity index (χ0n) is 20.5. The second kappa shape index (κ2) is 15.8. The summed E-state index contributed by atoms with van der Waals surface area (Å²) in [6.07, 6.45) is 16.6. The molecule has 0 aliphatic carbocycles. The van der Waals surface area contributed by atoms with E-state index >= 15 is 0 Å². The molecule has 0 atom stereocenters. The van der Waals surface area contributed by atoms with E-state index in [9.17, 15) is 0 Å². The van der Waals surface area contributed by atoms with Crippen molar-refractivity contribution in [2.75, 3.05) is 39.3 Å². The fourth-order valence-corrected chi connectivity index (χ4v) is 5.49. The van der Waals surface area contributed by atoms with Gasteiger partial charge in [0.2, 0.25) is 6.17 Å². The molecule has 0 aromatic carbocycles. The smallest absolute Gasteiger partial charge is 0.216 e. The molecule has 0 fully saturated rings. The van der Waals surface area contributed by atoms with Crippen molar-refractivity contribution in [1.82, 2.24) is 0 Å². The van der Waals surface area contributed by atoms with Gasteiger partial charge in [-0.25, -0.2) is 0 Å². The van der Waals surface area contributed by atoms with Gasteiger partial charge in [0.25, 0.3) is 0 Å². The third-order valence-electron chi connectivity index (χ3n) is 7.86. The summed E-state index contributed by atoms with van der Waals surface area (Å²) in [6.45, 7) is 24.6. The fraction of sp³-hybridized carbons (Fsp3) is 1.00. The van der Waals surface area contributed by atoms with Crippen molar-refractivity contribution in [3.63, 3.8) is 0 Å². The number of rotatable bonds is 19. The molecule has 0 aliphatic heterocycles. The second-order valence-electron chi connectivity index (χ2n) is 8.79. The third-order valence-corrected chi connectivity index (χ3v) is 7.86. The Bertz CT molecular complexity index is 282. The molecule has 0 spiro atoms. The van der Waals surface area contributed by atoms with E-state index in [1.165, 1.54) is 119 Å². The van der Waals surface area contributed by atoms with Gasteiger partial charge in [-0.1, -0.05) is 64.7 Å². The average molecular weight is 385 g/mol. The van der Waals surface area contributed by atoms with Crippen molar-refractivity contribution in [2.24, 2.45) is 0 Å². The van der Waals surface area contributed by atoms with Crippen LogP contribution in [0.2, 0.25) is 0 Å². The van der Waals surface area contributed by atoms with Gasteiger partial charge >= 0.3 is 0 Å². The first-order chi connectivity index (χ1) is 13.1. The highest BCUT2D eigenvalue weighted by atomic mass is 15.6. The van der Waals surface area contributed by atoms with Gasteiger partial charge in [0.15, 0.2) is 0 Å². The van der Waals surface area contributed by atoms with Crippen molar-refractivity contribution in [3.05, 3.63) is 0 Å².